The van der Waals surface area contributed by atoms with Crippen LogP contribution in [0.5, 0.6) is 5.75 Å². The van der Waals surface area contributed by atoms with Crippen LogP contribution in [-0.2, 0) is 6.61 Å². The number of benzene rings is 3. The van der Waals surface area contributed by atoms with Crippen molar-refractivity contribution in [3.8, 4) is 5.75 Å². The van der Waals surface area contributed by atoms with Crippen molar-refractivity contribution in [1.82, 2.24) is 0 Å². The van der Waals surface area contributed by atoms with Crippen LogP contribution in [-0.4, -0.2) is 6.21 Å². The Bertz CT molecular complexity index is 1100. The zero-order valence-electron chi connectivity index (χ0n) is 14.8. The maximum Gasteiger partial charge on any atom is 0.200 e. The van der Waals surface area contributed by atoms with Gasteiger partial charge in [0.05, 0.1) is 6.21 Å². The van der Waals surface area contributed by atoms with E-state index in [9.17, 15) is 22.0 Å². The molecule has 0 unspecified atom stereocenters. The van der Waals surface area contributed by atoms with Crippen molar-refractivity contribution in [2.24, 2.45) is 5.10 Å². The average Bonchev–Trinajstić information content (AvgIpc) is 2.73. The third-order valence-electron chi connectivity index (χ3n) is 3.91. The normalized spacial score (nSPS) is 11.2. The van der Waals surface area contributed by atoms with Crippen molar-refractivity contribution in [3.63, 3.8) is 0 Å². The minimum absolute atomic E-state index is 0.0892. The lowest BCUT2D eigenvalue weighted by atomic mass is 10.2. The predicted molar refractivity (Wildman–Crippen MR) is 105 cm³/mol. The number of para-hydroxylation sites is 1. The molecule has 10 heteroatoms. The second kappa shape index (κ2) is 9.32. The SMILES string of the molecule is Fc1c(F)c(F)c(NN=Cc2ccccc2OCc2ccc(Cl)cc2Cl)c(F)c1F. The van der Waals surface area contributed by atoms with Gasteiger partial charge in [0, 0.05) is 21.2 Å². The highest BCUT2D eigenvalue weighted by atomic mass is 35.5. The van der Waals surface area contributed by atoms with Crippen LogP contribution in [0.25, 0.3) is 0 Å². The highest BCUT2D eigenvalue weighted by Crippen LogP contribution is 2.27. The molecule has 3 aromatic rings. The summed E-state index contributed by atoms with van der Waals surface area (Å²) < 4.78 is 72.6. The molecule has 1 N–H and O–H groups in total. The van der Waals surface area contributed by atoms with Crippen molar-refractivity contribution < 1.29 is 26.7 Å². The first-order chi connectivity index (χ1) is 14.3. The van der Waals surface area contributed by atoms with Crippen LogP contribution >= 0.6 is 23.2 Å². The summed E-state index contributed by atoms with van der Waals surface area (Å²) in [5, 5.41) is 4.43. The fourth-order valence-corrected chi connectivity index (χ4v) is 2.85. The van der Waals surface area contributed by atoms with E-state index in [1.807, 2.05) is 5.43 Å². The van der Waals surface area contributed by atoms with Gasteiger partial charge in [0.2, 0.25) is 5.82 Å². The Morgan fingerprint density at radius 2 is 1.50 bits per heavy atom. The topological polar surface area (TPSA) is 33.6 Å². The zero-order chi connectivity index (χ0) is 21.8. The first kappa shape index (κ1) is 21.9. The number of nitrogens with zero attached hydrogens (tertiary/aromatic N) is 1. The van der Waals surface area contributed by atoms with Gasteiger partial charge in [-0.05, 0) is 24.3 Å². The monoisotopic (exact) mass is 460 g/mol. The summed E-state index contributed by atoms with van der Waals surface area (Å²) >= 11 is 11.9. The Labute approximate surface area is 177 Å². The van der Waals surface area contributed by atoms with Crippen LogP contribution in [0.1, 0.15) is 11.1 Å². The lowest BCUT2D eigenvalue weighted by Crippen LogP contribution is -2.06. The molecule has 0 saturated heterocycles. The predicted octanol–water partition coefficient (Wildman–Crippen LogP) is 6.71. The van der Waals surface area contributed by atoms with Crippen LogP contribution in [0.4, 0.5) is 27.6 Å². The van der Waals surface area contributed by atoms with Gasteiger partial charge in [-0.2, -0.15) is 5.10 Å². The third-order valence-corrected chi connectivity index (χ3v) is 4.49. The van der Waals surface area contributed by atoms with Gasteiger partial charge in [-0.1, -0.05) is 41.4 Å². The Morgan fingerprint density at radius 1 is 0.867 bits per heavy atom. The summed E-state index contributed by atoms with van der Waals surface area (Å²) in [6.07, 6.45) is 1.11. The number of rotatable bonds is 6. The highest BCUT2D eigenvalue weighted by molar-refractivity contribution is 6.35. The zero-order valence-corrected chi connectivity index (χ0v) is 16.3. The summed E-state index contributed by atoms with van der Waals surface area (Å²) in [5.74, 6) is -10.1. The van der Waals surface area contributed by atoms with Crippen LogP contribution in [0.15, 0.2) is 47.6 Å². The number of nitrogens with one attached hydrogen (secondary N) is 1. The van der Waals surface area contributed by atoms with Gasteiger partial charge in [-0.15, -0.1) is 0 Å². The summed E-state index contributed by atoms with van der Waals surface area (Å²) in [6.45, 7) is 0.0892. The summed E-state index contributed by atoms with van der Waals surface area (Å²) in [4.78, 5) is 0. The molecule has 0 fully saturated rings. The molecular weight excluding hydrogens is 450 g/mol. The fraction of sp³-hybridized carbons (Fsp3) is 0.0500. The second-order valence-corrected chi connectivity index (χ2v) is 6.72. The molecule has 0 radical (unpaired) electrons. The number of hydrogen-bond acceptors (Lipinski definition) is 3. The van der Waals surface area contributed by atoms with Gasteiger partial charge in [0.25, 0.3) is 0 Å². The standard InChI is InChI=1S/C20H11Cl2F5N2O/c21-12-6-5-11(13(22)7-12)9-30-14-4-2-1-3-10(14)8-28-29-20-18(26)16(24)15(23)17(25)19(20)27/h1-8,29H,9H2. The van der Waals surface area contributed by atoms with E-state index in [4.69, 9.17) is 27.9 Å². The Kier molecular flexibility index (Phi) is 6.79. The first-order valence-corrected chi connectivity index (χ1v) is 9.01. The van der Waals surface area contributed by atoms with Gasteiger partial charge in [-0.25, -0.2) is 22.0 Å². The van der Waals surface area contributed by atoms with E-state index < -0.39 is 34.8 Å². The Morgan fingerprint density at radius 3 is 2.17 bits per heavy atom. The quantitative estimate of drug-likeness (QED) is 0.146. The maximum atomic E-state index is 13.7. The van der Waals surface area contributed by atoms with Gasteiger partial charge >= 0.3 is 0 Å². The number of ether oxygens (including phenoxy) is 1. The van der Waals surface area contributed by atoms with Crippen molar-refractivity contribution in [2.75, 3.05) is 5.43 Å². The van der Waals surface area contributed by atoms with Crippen molar-refractivity contribution in [2.45, 2.75) is 6.61 Å². The van der Waals surface area contributed by atoms with E-state index in [0.29, 0.717) is 26.9 Å². The molecule has 0 bridgehead atoms. The average molecular weight is 461 g/mol. The molecule has 0 spiro atoms. The van der Waals surface area contributed by atoms with Crippen LogP contribution < -0.4 is 10.2 Å². The van der Waals surface area contributed by atoms with Crippen molar-refractivity contribution >= 4 is 35.1 Å². The van der Waals surface area contributed by atoms with Crippen molar-refractivity contribution in [1.29, 1.82) is 0 Å². The van der Waals surface area contributed by atoms with E-state index in [2.05, 4.69) is 5.10 Å². The summed E-state index contributed by atoms with van der Waals surface area (Å²) in [5.41, 5.74) is 1.60. The second-order valence-electron chi connectivity index (χ2n) is 5.88. The largest absolute Gasteiger partial charge is 0.488 e. The first-order valence-electron chi connectivity index (χ1n) is 8.26. The number of hydrogen-bond donors (Lipinski definition) is 1. The smallest absolute Gasteiger partial charge is 0.200 e. The molecule has 0 aliphatic heterocycles. The summed E-state index contributed by atoms with van der Waals surface area (Å²) in [7, 11) is 0. The molecule has 0 aliphatic carbocycles. The highest BCUT2D eigenvalue weighted by Gasteiger charge is 2.25. The summed E-state index contributed by atoms with van der Waals surface area (Å²) in [6, 6.07) is 11.4. The molecule has 3 nitrogen and oxygen atoms in total. The van der Waals surface area contributed by atoms with E-state index in [-0.39, 0.29) is 6.61 Å². The number of anilines is 1. The third kappa shape index (κ3) is 4.66. The van der Waals surface area contributed by atoms with E-state index in [1.54, 1.807) is 42.5 Å². The number of halogens is 7. The molecule has 0 amide bonds. The van der Waals surface area contributed by atoms with Crippen LogP contribution in [0, 0.1) is 29.1 Å². The van der Waals surface area contributed by atoms with Gasteiger partial charge < -0.3 is 4.74 Å². The fourth-order valence-electron chi connectivity index (χ4n) is 2.38. The minimum atomic E-state index is -2.25. The molecule has 0 atom stereocenters. The van der Waals surface area contributed by atoms with E-state index >= 15 is 0 Å². The van der Waals surface area contributed by atoms with E-state index in [1.165, 1.54) is 0 Å². The number of hydrazone groups is 1. The molecule has 0 heterocycles. The molecule has 30 heavy (non-hydrogen) atoms. The Hall–Kier alpha value is -2.84. The molecule has 0 aromatic heterocycles. The minimum Gasteiger partial charge on any atom is -0.488 e. The van der Waals surface area contributed by atoms with Gasteiger partial charge in [-0.3, -0.25) is 5.43 Å². The molecule has 0 saturated carbocycles. The van der Waals surface area contributed by atoms with Gasteiger partial charge in [0.15, 0.2) is 23.3 Å². The molecule has 3 rings (SSSR count). The van der Waals surface area contributed by atoms with Gasteiger partial charge in [0.1, 0.15) is 18.0 Å². The molecule has 156 valence electrons. The molecular formula is C20H11Cl2F5N2O. The molecule has 0 aliphatic rings. The van der Waals surface area contributed by atoms with Crippen LogP contribution in [0.3, 0.4) is 0 Å². The Balaban J connectivity index is 1.78. The lowest BCUT2D eigenvalue weighted by molar-refractivity contribution is 0.306. The van der Waals surface area contributed by atoms with Crippen LogP contribution in [0.2, 0.25) is 10.0 Å². The lowest BCUT2D eigenvalue weighted by Gasteiger charge is -2.11. The van der Waals surface area contributed by atoms with E-state index in [0.717, 1.165) is 6.21 Å². The maximum absolute atomic E-state index is 13.7. The van der Waals surface area contributed by atoms with Crippen molar-refractivity contribution in [3.05, 3.63) is 92.7 Å². The molecule has 3 aromatic carbocycles.